The first-order valence-corrected chi connectivity index (χ1v) is 9.06. The van der Waals surface area contributed by atoms with Gasteiger partial charge in [0.25, 0.3) is 0 Å². The van der Waals surface area contributed by atoms with Crippen LogP contribution in [0, 0.1) is 5.92 Å². The number of hydrogen-bond acceptors (Lipinski definition) is 3. The molecule has 0 bridgehead atoms. The predicted octanol–water partition coefficient (Wildman–Crippen LogP) is 4.41. The molecule has 2 unspecified atom stereocenters. The highest BCUT2D eigenvalue weighted by Gasteiger charge is 2.29. The lowest BCUT2D eigenvalue weighted by Gasteiger charge is -2.39. The van der Waals surface area contributed by atoms with Crippen LogP contribution in [-0.2, 0) is 0 Å². The maximum Gasteiger partial charge on any atom is 0.0593 e. The second kappa shape index (κ2) is 7.21. The van der Waals surface area contributed by atoms with Crippen molar-refractivity contribution in [2.75, 3.05) is 13.1 Å². The Balaban J connectivity index is 2.10. The van der Waals surface area contributed by atoms with Crippen LogP contribution in [0.25, 0.3) is 0 Å². The Hall–Kier alpha value is 0.1000. The monoisotopic (exact) mass is 344 g/mol. The Morgan fingerprint density at radius 3 is 2.58 bits per heavy atom. The third kappa shape index (κ3) is 3.81. The Morgan fingerprint density at radius 2 is 2.11 bits per heavy atom. The van der Waals surface area contributed by atoms with Crippen LogP contribution in [0.2, 0.25) is 0 Å². The largest absolute Gasteiger partial charge is 0.326 e. The average Bonchev–Trinajstić information content (AvgIpc) is 2.86. The fourth-order valence-corrected chi connectivity index (χ4v) is 4.66. The summed E-state index contributed by atoms with van der Waals surface area (Å²) < 4.78 is 1.18. The van der Waals surface area contributed by atoms with Gasteiger partial charge in [-0.3, -0.25) is 4.90 Å². The van der Waals surface area contributed by atoms with E-state index in [9.17, 15) is 0 Å². The molecule has 1 fully saturated rings. The zero-order valence-electron chi connectivity index (χ0n) is 11.9. The second-order valence-electron chi connectivity index (χ2n) is 5.57. The van der Waals surface area contributed by atoms with Crippen LogP contribution in [0.4, 0.5) is 0 Å². The standard InChI is InChI=1S/C15H25BrN2S/c1-3-11-5-7-18(8-6-11)15(13(17)4-2)14-9-12(16)10-19-14/h9-11,13,15H,3-8,17H2,1-2H3. The molecule has 2 atom stereocenters. The van der Waals surface area contributed by atoms with Gasteiger partial charge in [0.2, 0.25) is 0 Å². The second-order valence-corrected chi connectivity index (χ2v) is 7.43. The molecule has 1 aromatic heterocycles. The molecule has 19 heavy (non-hydrogen) atoms. The molecular formula is C15H25BrN2S. The van der Waals surface area contributed by atoms with E-state index in [1.807, 2.05) is 11.3 Å². The van der Waals surface area contributed by atoms with E-state index < -0.39 is 0 Å². The minimum absolute atomic E-state index is 0.240. The van der Waals surface area contributed by atoms with Crippen molar-refractivity contribution < 1.29 is 0 Å². The maximum absolute atomic E-state index is 6.41. The van der Waals surface area contributed by atoms with E-state index in [1.54, 1.807) is 0 Å². The van der Waals surface area contributed by atoms with Crippen molar-refractivity contribution in [3.63, 3.8) is 0 Å². The lowest BCUT2D eigenvalue weighted by molar-refractivity contribution is 0.115. The number of piperidine rings is 1. The van der Waals surface area contributed by atoms with Gasteiger partial charge in [-0.05, 0) is 60.3 Å². The summed E-state index contributed by atoms with van der Waals surface area (Å²) in [5.74, 6) is 0.921. The van der Waals surface area contributed by atoms with Gasteiger partial charge in [0.05, 0.1) is 6.04 Å². The molecular weight excluding hydrogens is 320 g/mol. The summed E-state index contributed by atoms with van der Waals surface area (Å²) in [6.45, 7) is 6.91. The van der Waals surface area contributed by atoms with Crippen molar-refractivity contribution >= 4 is 27.3 Å². The summed E-state index contributed by atoms with van der Waals surface area (Å²) in [4.78, 5) is 4.02. The first-order chi connectivity index (χ1) is 9.15. The molecule has 2 N–H and O–H groups in total. The van der Waals surface area contributed by atoms with Crippen molar-refractivity contribution in [1.82, 2.24) is 4.90 Å². The molecule has 108 valence electrons. The molecule has 1 aromatic rings. The minimum atomic E-state index is 0.240. The van der Waals surface area contributed by atoms with E-state index in [1.165, 1.54) is 41.7 Å². The van der Waals surface area contributed by atoms with Crippen LogP contribution in [0.3, 0.4) is 0 Å². The summed E-state index contributed by atoms with van der Waals surface area (Å²) in [7, 11) is 0. The van der Waals surface area contributed by atoms with Gasteiger partial charge >= 0.3 is 0 Å². The maximum atomic E-state index is 6.41. The van der Waals surface area contributed by atoms with Crippen LogP contribution in [0.15, 0.2) is 15.9 Å². The smallest absolute Gasteiger partial charge is 0.0593 e. The number of nitrogens with two attached hydrogens (primary N) is 1. The Labute approximate surface area is 129 Å². The Morgan fingerprint density at radius 1 is 1.42 bits per heavy atom. The summed E-state index contributed by atoms with van der Waals surface area (Å²) in [6.07, 6.45) is 5.02. The SMILES string of the molecule is CCC1CCN(C(c2cc(Br)cs2)C(N)CC)CC1. The normalized spacial score (nSPS) is 21.5. The zero-order chi connectivity index (χ0) is 13.8. The van der Waals surface area contributed by atoms with Gasteiger partial charge in [-0.2, -0.15) is 0 Å². The fraction of sp³-hybridized carbons (Fsp3) is 0.733. The molecule has 0 aliphatic carbocycles. The number of halogens is 1. The molecule has 2 heterocycles. The first kappa shape index (κ1) is 15.5. The van der Waals surface area contributed by atoms with Gasteiger partial charge in [0, 0.05) is 20.8 Å². The van der Waals surface area contributed by atoms with Gasteiger partial charge in [0.1, 0.15) is 0 Å². The van der Waals surface area contributed by atoms with Gasteiger partial charge in [0.15, 0.2) is 0 Å². The van der Waals surface area contributed by atoms with Gasteiger partial charge < -0.3 is 5.73 Å². The minimum Gasteiger partial charge on any atom is -0.326 e. The molecule has 4 heteroatoms. The van der Waals surface area contributed by atoms with Gasteiger partial charge in [-0.1, -0.05) is 20.3 Å². The van der Waals surface area contributed by atoms with Crippen LogP contribution < -0.4 is 5.73 Å². The fourth-order valence-electron chi connectivity index (χ4n) is 3.01. The van der Waals surface area contributed by atoms with E-state index in [0.717, 1.165) is 12.3 Å². The highest BCUT2D eigenvalue weighted by atomic mass is 79.9. The molecule has 0 amide bonds. The van der Waals surface area contributed by atoms with E-state index in [-0.39, 0.29) is 6.04 Å². The number of rotatable bonds is 5. The van der Waals surface area contributed by atoms with Crippen LogP contribution in [0.1, 0.15) is 50.4 Å². The lowest BCUT2D eigenvalue weighted by Crippen LogP contribution is -2.44. The van der Waals surface area contributed by atoms with Crippen molar-refractivity contribution in [3.05, 3.63) is 20.8 Å². The quantitative estimate of drug-likeness (QED) is 0.856. The molecule has 1 saturated heterocycles. The third-order valence-electron chi connectivity index (χ3n) is 4.38. The number of nitrogens with zero attached hydrogens (tertiary/aromatic N) is 1. The van der Waals surface area contributed by atoms with Crippen molar-refractivity contribution in [1.29, 1.82) is 0 Å². The first-order valence-electron chi connectivity index (χ1n) is 7.39. The number of thiophene rings is 1. The van der Waals surface area contributed by atoms with Gasteiger partial charge in [-0.25, -0.2) is 0 Å². The molecule has 0 spiro atoms. The van der Waals surface area contributed by atoms with E-state index in [0.29, 0.717) is 6.04 Å². The third-order valence-corrected chi connectivity index (χ3v) is 6.14. The summed E-state index contributed by atoms with van der Waals surface area (Å²) >= 11 is 5.40. The molecule has 2 nitrogen and oxygen atoms in total. The Kier molecular flexibility index (Phi) is 5.87. The highest BCUT2D eigenvalue weighted by Crippen LogP contribution is 2.35. The van der Waals surface area contributed by atoms with Crippen LogP contribution in [-0.4, -0.2) is 24.0 Å². The average molecular weight is 345 g/mol. The molecule has 1 aliphatic rings. The molecule has 0 aromatic carbocycles. The van der Waals surface area contributed by atoms with Crippen molar-refractivity contribution in [3.8, 4) is 0 Å². The van der Waals surface area contributed by atoms with E-state index in [2.05, 4.69) is 46.1 Å². The van der Waals surface area contributed by atoms with Gasteiger partial charge in [-0.15, -0.1) is 11.3 Å². The summed E-state index contributed by atoms with van der Waals surface area (Å²) in [5, 5.41) is 2.17. The molecule has 0 saturated carbocycles. The topological polar surface area (TPSA) is 29.3 Å². The predicted molar refractivity (Wildman–Crippen MR) is 87.6 cm³/mol. The Bertz CT molecular complexity index is 385. The molecule has 0 radical (unpaired) electrons. The van der Waals surface area contributed by atoms with Crippen molar-refractivity contribution in [2.45, 2.75) is 51.6 Å². The van der Waals surface area contributed by atoms with Crippen LogP contribution >= 0.6 is 27.3 Å². The highest BCUT2D eigenvalue weighted by molar-refractivity contribution is 9.10. The van der Waals surface area contributed by atoms with E-state index in [4.69, 9.17) is 5.73 Å². The van der Waals surface area contributed by atoms with Crippen molar-refractivity contribution in [2.24, 2.45) is 11.7 Å². The molecule has 1 aliphatic heterocycles. The summed E-state index contributed by atoms with van der Waals surface area (Å²) in [5.41, 5.74) is 6.41. The zero-order valence-corrected chi connectivity index (χ0v) is 14.3. The number of hydrogen-bond donors (Lipinski definition) is 1. The number of likely N-dealkylation sites (tertiary alicyclic amines) is 1. The van der Waals surface area contributed by atoms with Crippen LogP contribution in [0.5, 0.6) is 0 Å². The lowest BCUT2D eigenvalue weighted by atomic mass is 9.92. The van der Waals surface area contributed by atoms with E-state index >= 15 is 0 Å². The molecule has 2 rings (SSSR count). The summed E-state index contributed by atoms with van der Waals surface area (Å²) in [6, 6.07) is 2.89.